The number of hydrogen-bond donors (Lipinski definition) is 0. The van der Waals surface area contributed by atoms with Gasteiger partial charge in [-0.15, -0.1) is 5.10 Å². The summed E-state index contributed by atoms with van der Waals surface area (Å²) in [4.78, 5) is 0. The van der Waals surface area contributed by atoms with E-state index >= 15 is 0 Å². The van der Waals surface area contributed by atoms with Crippen LogP contribution in [0.5, 0.6) is 0 Å². The normalized spacial score (nSPS) is 10.3. The minimum absolute atomic E-state index is 0.608. The Bertz CT molecular complexity index is 794. The molecule has 0 N–H and O–H groups in total. The van der Waals surface area contributed by atoms with Gasteiger partial charge in [0.15, 0.2) is 0 Å². The molecule has 0 fully saturated rings. The van der Waals surface area contributed by atoms with Gasteiger partial charge in [-0.1, -0.05) is 42.5 Å². The van der Waals surface area contributed by atoms with Gasteiger partial charge in [0.2, 0.25) is 0 Å². The Morgan fingerprint density at radius 2 is 1.95 bits per heavy atom. The molecule has 102 valence electrons. The van der Waals surface area contributed by atoms with Gasteiger partial charge in [0, 0.05) is 5.56 Å². The van der Waals surface area contributed by atoms with Gasteiger partial charge in [-0.2, -0.15) is 5.26 Å². The summed E-state index contributed by atoms with van der Waals surface area (Å²) in [6.07, 6.45) is 2.89. The quantitative estimate of drug-likeness (QED) is 0.735. The Kier molecular flexibility index (Phi) is 3.48. The van der Waals surface area contributed by atoms with Crippen molar-refractivity contribution in [2.75, 3.05) is 0 Å². The molecule has 21 heavy (non-hydrogen) atoms. The molecule has 0 spiro atoms. The van der Waals surface area contributed by atoms with E-state index in [2.05, 4.69) is 47.6 Å². The maximum Gasteiger partial charge on any atom is 0.113 e. The van der Waals surface area contributed by atoms with Gasteiger partial charge in [-0.3, -0.25) is 0 Å². The molecule has 1 aromatic heterocycles. The summed E-state index contributed by atoms with van der Waals surface area (Å²) in [6, 6.07) is 17.7. The first kappa shape index (κ1) is 13.1. The molecule has 3 rings (SSSR count). The minimum Gasteiger partial charge on any atom is -0.220 e. The van der Waals surface area contributed by atoms with E-state index in [1.165, 1.54) is 5.56 Å². The smallest absolute Gasteiger partial charge is 0.113 e. The van der Waals surface area contributed by atoms with Crippen LogP contribution in [0.3, 0.4) is 0 Å². The maximum atomic E-state index is 8.95. The van der Waals surface area contributed by atoms with Crippen LogP contribution in [0.1, 0.15) is 18.1 Å². The summed E-state index contributed by atoms with van der Waals surface area (Å²) >= 11 is 0. The van der Waals surface area contributed by atoms with Crippen molar-refractivity contribution in [1.29, 1.82) is 5.26 Å². The number of aromatic nitrogens is 3. The molecule has 0 saturated carbocycles. The first-order valence-corrected chi connectivity index (χ1v) is 6.82. The highest BCUT2D eigenvalue weighted by molar-refractivity contribution is 5.58. The molecule has 0 radical (unpaired) electrons. The number of nitriles is 1. The molecule has 2 aromatic carbocycles. The lowest BCUT2D eigenvalue weighted by Gasteiger charge is -2.00. The van der Waals surface area contributed by atoms with Crippen LogP contribution < -0.4 is 0 Å². The molecule has 0 amide bonds. The third-order valence-electron chi connectivity index (χ3n) is 3.39. The number of nitrogens with zero attached hydrogens (tertiary/aromatic N) is 4. The Balaban J connectivity index is 1.93. The third-order valence-corrected chi connectivity index (χ3v) is 3.39. The van der Waals surface area contributed by atoms with Crippen LogP contribution in [0.25, 0.3) is 16.9 Å². The summed E-state index contributed by atoms with van der Waals surface area (Å²) in [6.45, 7) is 2.13. The molecule has 0 aliphatic heterocycles. The van der Waals surface area contributed by atoms with Gasteiger partial charge in [0.1, 0.15) is 5.69 Å². The first-order valence-electron chi connectivity index (χ1n) is 6.82. The van der Waals surface area contributed by atoms with E-state index in [4.69, 9.17) is 5.26 Å². The van der Waals surface area contributed by atoms with Gasteiger partial charge < -0.3 is 0 Å². The van der Waals surface area contributed by atoms with E-state index in [-0.39, 0.29) is 0 Å². The van der Waals surface area contributed by atoms with Crippen LogP contribution in [-0.4, -0.2) is 15.0 Å². The Morgan fingerprint density at radius 1 is 1.14 bits per heavy atom. The van der Waals surface area contributed by atoms with Crippen molar-refractivity contribution in [2.45, 2.75) is 13.3 Å². The lowest BCUT2D eigenvalue weighted by Crippen LogP contribution is -1.94. The highest BCUT2D eigenvalue weighted by atomic mass is 15.4. The molecule has 0 saturated heterocycles. The van der Waals surface area contributed by atoms with Gasteiger partial charge in [0.05, 0.1) is 23.5 Å². The second-order valence-electron chi connectivity index (χ2n) is 4.76. The molecule has 4 nitrogen and oxygen atoms in total. The molecule has 1 heterocycles. The van der Waals surface area contributed by atoms with E-state index in [0.717, 1.165) is 23.4 Å². The van der Waals surface area contributed by atoms with E-state index < -0.39 is 0 Å². The third kappa shape index (κ3) is 2.67. The van der Waals surface area contributed by atoms with Crippen LogP contribution in [0.15, 0.2) is 54.7 Å². The van der Waals surface area contributed by atoms with Crippen molar-refractivity contribution in [3.8, 4) is 23.0 Å². The fraction of sp³-hybridized carbons (Fsp3) is 0.118. The molecule has 3 aromatic rings. The largest absolute Gasteiger partial charge is 0.220 e. The summed E-state index contributed by atoms with van der Waals surface area (Å²) in [5, 5.41) is 17.3. The maximum absolute atomic E-state index is 8.95. The Labute approximate surface area is 123 Å². The van der Waals surface area contributed by atoms with Crippen LogP contribution in [0, 0.1) is 11.3 Å². The average molecular weight is 274 g/mol. The zero-order chi connectivity index (χ0) is 14.7. The first-order chi connectivity index (χ1) is 10.3. The van der Waals surface area contributed by atoms with Crippen molar-refractivity contribution in [3.63, 3.8) is 0 Å². The van der Waals surface area contributed by atoms with Crippen LogP contribution >= 0.6 is 0 Å². The molecule has 0 aliphatic rings. The van der Waals surface area contributed by atoms with Crippen molar-refractivity contribution in [1.82, 2.24) is 15.0 Å². The fourth-order valence-electron chi connectivity index (χ4n) is 2.15. The summed E-state index contributed by atoms with van der Waals surface area (Å²) in [7, 11) is 0. The van der Waals surface area contributed by atoms with Crippen LogP contribution in [0.4, 0.5) is 0 Å². The molecular formula is C17H14N4. The molecule has 0 bridgehead atoms. The lowest BCUT2D eigenvalue weighted by molar-refractivity contribution is 0.803. The van der Waals surface area contributed by atoms with Gasteiger partial charge >= 0.3 is 0 Å². The lowest BCUT2D eigenvalue weighted by atomic mass is 10.1. The van der Waals surface area contributed by atoms with E-state index in [1.807, 2.05) is 18.3 Å². The zero-order valence-electron chi connectivity index (χ0n) is 11.7. The SMILES string of the molecule is CCc1ccc(-c2cn(-c3cccc(C#N)c3)nn2)cc1. The number of rotatable bonds is 3. The van der Waals surface area contributed by atoms with Crippen molar-refractivity contribution < 1.29 is 0 Å². The topological polar surface area (TPSA) is 54.5 Å². The highest BCUT2D eigenvalue weighted by Gasteiger charge is 2.06. The monoisotopic (exact) mass is 274 g/mol. The second kappa shape index (κ2) is 5.59. The Morgan fingerprint density at radius 3 is 2.67 bits per heavy atom. The molecule has 4 heteroatoms. The zero-order valence-corrected chi connectivity index (χ0v) is 11.7. The molecule has 0 atom stereocenters. The minimum atomic E-state index is 0.608. The van der Waals surface area contributed by atoms with Crippen LogP contribution in [-0.2, 0) is 6.42 Å². The van der Waals surface area contributed by atoms with Gasteiger partial charge in [-0.25, -0.2) is 4.68 Å². The van der Waals surface area contributed by atoms with E-state index in [9.17, 15) is 0 Å². The summed E-state index contributed by atoms with van der Waals surface area (Å²) in [5.74, 6) is 0. The van der Waals surface area contributed by atoms with Gasteiger partial charge in [0.25, 0.3) is 0 Å². The standard InChI is InChI=1S/C17H14N4/c1-2-13-6-8-15(9-7-13)17-12-21(20-19-17)16-5-3-4-14(10-16)11-18/h3-10,12H,2H2,1H3. The fourth-order valence-corrected chi connectivity index (χ4v) is 2.15. The average Bonchev–Trinajstić information content (AvgIpc) is 3.05. The molecule has 0 aliphatic carbocycles. The highest BCUT2D eigenvalue weighted by Crippen LogP contribution is 2.19. The number of aryl methyl sites for hydroxylation is 1. The van der Waals surface area contributed by atoms with Crippen molar-refractivity contribution in [2.24, 2.45) is 0 Å². The van der Waals surface area contributed by atoms with Crippen molar-refractivity contribution in [3.05, 3.63) is 65.9 Å². The van der Waals surface area contributed by atoms with E-state index in [1.54, 1.807) is 16.8 Å². The van der Waals surface area contributed by atoms with Gasteiger partial charge in [-0.05, 0) is 30.2 Å². The number of benzene rings is 2. The predicted octanol–water partition coefficient (Wildman–Crippen LogP) is 3.37. The van der Waals surface area contributed by atoms with E-state index in [0.29, 0.717) is 5.56 Å². The number of hydrogen-bond acceptors (Lipinski definition) is 3. The molecule has 0 unspecified atom stereocenters. The second-order valence-corrected chi connectivity index (χ2v) is 4.76. The molecular weight excluding hydrogens is 260 g/mol. The van der Waals surface area contributed by atoms with Crippen LogP contribution in [0.2, 0.25) is 0 Å². The Hall–Kier alpha value is -2.93. The summed E-state index contributed by atoms with van der Waals surface area (Å²) < 4.78 is 1.68. The summed E-state index contributed by atoms with van der Waals surface area (Å²) in [5.41, 5.74) is 4.59. The predicted molar refractivity (Wildman–Crippen MR) is 80.9 cm³/mol. The van der Waals surface area contributed by atoms with Crippen molar-refractivity contribution >= 4 is 0 Å².